The van der Waals surface area contributed by atoms with Crippen LogP contribution in [0.5, 0.6) is 0 Å². The Labute approximate surface area is 101 Å². The van der Waals surface area contributed by atoms with Crippen molar-refractivity contribution in [2.24, 2.45) is 0 Å². The van der Waals surface area contributed by atoms with Gasteiger partial charge in [0, 0.05) is 33.3 Å². The predicted octanol–water partition coefficient (Wildman–Crippen LogP) is 0.707. The van der Waals surface area contributed by atoms with Crippen LogP contribution < -0.4 is 10.2 Å². The van der Waals surface area contributed by atoms with Gasteiger partial charge in [0.2, 0.25) is 5.91 Å². The highest BCUT2D eigenvalue weighted by Crippen LogP contribution is 2.14. The number of aliphatic hydroxyl groups excluding tert-OH is 1. The van der Waals surface area contributed by atoms with Gasteiger partial charge in [-0.05, 0) is 18.6 Å². The van der Waals surface area contributed by atoms with Crippen LogP contribution in [-0.2, 0) is 4.79 Å². The van der Waals surface area contributed by atoms with Crippen molar-refractivity contribution in [3.63, 3.8) is 0 Å². The van der Waals surface area contributed by atoms with E-state index in [1.165, 1.54) is 0 Å². The van der Waals surface area contributed by atoms with Gasteiger partial charge in [-0.25, -0.2) is 4.98 Å². The highest BCUT2D eigenvalue weighted by Gasteiger charge is 2.06. The summed E-state index contributed by atoms with van der Waals surface area (Å²) >= 11 is 0. The van der Waals surface area contributed by atoms with Gasteiger partial charge >= 0.3 is 0 Å². The average Bonchev–Trinajstić information content (AvgIpc) is 2.35. The molecule has 5 nitrogen and oxygen atoms in total. The summed E-state index contributed by atoms with van der Waals surface area (Å²) in [6, 6.07) is 3.68. The highest BCUT2D eigenvalue weighted by molar-refractivity contribution is 5.76. The summed E-state index contributed by atoms with van der Waals surface area (Å²) in [6.45, 7) is 2.31. The third kappa shape index (κ3) is 4.03. The van der Waals surface area contributed by atoms with Gasteiger partial charge in [0.05, 0.1) is 6.10 Å². The topological polar surface area (TPSA) is 65.5 Å². The maximum atomic E-state index is 11.1. The average molecular weight is 237 g/mol. The Morgan fingerprint density at radius 2 is 2.29 bits per heavy atom. The molecule has 0 aliphatic heterocycles. The van der Waals surface area contributed by atoms with Crippen LogP contribution in [0.2, 0.25) is 0 Å². The van der Waals surface area contributed by atoms with E-state index in [-0.39, 0.29) is 5.91 Å². The van der Waals surface area contributed by atoms with Crippen LogP contribution in [0.25, 0.3) is 0 Å². The Bertz CT molecular complexity index is 363. The van der Waals surface area contributed by atoms with E-state index in [1.807, 2.05) is 24.1 Å². The van der Waals surface area contributed by atoms with Crippen molar-refractivity contribution in [2.75, 3.05) is 25.5 Å². The molecule has 1 aromatic heterocycles. The zero-order valence-electron chi connectivity index (χ0n) is 10.5. The number of carbonyl (C=O) groups is 1. The van der Waals surface area contributed by atoms with Crippen molar-refractivity contribution in [1.82, 2.24) is 10.3 Å². The highest BCUT2D eigenvalue weighted by atomic mass is 16.3. The lowest BCUT2D eigenvalue weighted by Gasteiger charge is -2.18. The number of nitrogens with one attached hydrogen (secondary N) is 1. The molecule has 5 heteroatoms. The number of aromatic nitrogens is 1. The largest absolute Gasteiger partial charge is 0.389 e. The van der Waals surface area contributed by atoms with Gasteiger partial charge in [-0.15, -0.1) is 0 Å². The Morgan fingerprint density at radius 3 is 2.76 bits per heavy atom. The molecule has 2 N–H and O–H groups in total. The van der Waals surface area contributed by atoms with Gasteiger partial charge in [0.1, 0.15) is 5.82 Å². The van der Waals surface area contributed by atoms with Gasteiger partial charge in [-0.3, -0.25) is 4.79 Å². The monoisotopic (exact) mass is 237 g/mol. The number of pyridine rings is 1. The first-order valence-electron chi connectivity index (χ1n) is 5.60. The lowest BCUT2D eigenvalue weighted by atomic mass is 10.2. The summed E-state index contributed by atoms with van der Waals surface area (Å²) in [7, 11) is 3.51. The normalized spacial score (nSPS) is 12.0. The lowest BCUT2D eigenvalue weighted by Crippen LogP contribution is -2.26. The van der Waals surface area contributed by atoms with Crippen LogP contribution >= 0.6 is 0 Å². The van der Waals surface area contributed by atoms with Crippen LogP contribution in [0.3, 0.4) is 0 Å². The first-order chi connectivity index (χ1) is 8.04. The summed E-state index contributed by atoms with van der Waals surface area (Å²) in [5.74, 6) is 0.802. The van der Waals surface area contributed by atoms with Crippen LogP contribution in [-0.4, -0.2) is 36.6 Å². The summed E-state index contributed by atoms with van der Waals surface area (Å²) < 4.78 is 0. The molecule has 1 rings (SSSR count). The Hall–Kier alpha value is -1.62. The molecule has 1 amide bonds. The fourth-order valence-corrected chi connectivity index (χ4v) is 1.38. The molecule has 0 aromatic carbocycles. The van der Waals surface area contributed by atoms with Gasteiger partial charge in [-0.1, -0.05) is 6.07 Å². The fourth-order valence-electron chi connectivity index (χ4n) is 1.38. The Morgan fingerprint density at radius 1 is 1.59 bits per heavy atom. The number of rotatable bonds is 5. The molecule has 17 heavy (non-hydrogen) atoms. The van der Waals surface area contributed by atoms with Crippen molar-refractivity contribution < 1.29 is 9.90 Å². The van der Waals surface area contributed by atoms with Gasteiger partial charge in [0.15, 0.2) is 0 Å². The van der Waals surface area contributed by atoms with Crippen LogP contribution in [0.4, 0.5) is 5.82 Å². The van der Waals surface area contributed by atoms with Crippen molar-refractivity contribution in [1.29, 1.82) is 0 Å². The van der Waals surface area contributed by atoms with Gasteiger partial charge < -0.3 is 15.3 Å². The molecule has 0 radical (unpaired) electrons. The number of amides is 1. The number of hydrogen-bond acceptors (Lipinski definition) is 4. The van der Waals surface area contributed by atoms with Crippen LogP contribution in [0, 0.1) is 0 Å². The maximum absolute atomic E-state index is 11.1. The van der Waals surface area contributed by atoms with Crippen molar-refractivity contribution in [2.45, 2.75) is 19.4 Å². The molecule has 1 heterocycles. The molecule has 0 aliphatic carbocycles. The molecule has 0 saturated heterocycles. The van der Waals surface area contributed by atoms with E-state index < -0.39 is 6.10 Å². The Balaban J connectivity index is 2.57. The number of nitrogens with zero attached hydrogens (tertiary/aromatic N) is 2. The molecule has 0 aliphatic rings. The van der Waals surface area contributed by atoms with E-state index in [9.17, 15) is 9.90 Å². The first-order valence-corrected chi connectivity index (χ1v) is 5.60. The van der Waals surface area contributed by atoms with Gasteiger partial charge in [0.25, 0.3) is 0 Å². The zero-order valence-corrected chi connectivity index (χ0v) is 10.5. The lowest BCUT2D eigenvalue weighted by molar-refractivity contribution is -0.120. The van der Waals surface area contributed by atoms with E-state index >= 15 is 0 Å². The van der Waals surface area contributed by atoms with E-state index in [4.69, 9.17) is 0 Å². The van der Waals surface area contributed by atoms with Gasteiger partial charge in [-0.2, -0.15) is 0 Å². The molecule has 0 unspecified atom stereocenters. The first kappa shape index (κ1) is 13.4. The third-order valence-electron chi connectivity index (χ3n) is 2.60. The molecule has 94 valence electrons. The molecule has 0 spiro atoms. The number of aliphatic hydroxyl groups is 1. The standard InChI is InChI=1S/C12H19N3O2/c1-9(16)10-4-5-11(14-8-10)15(3)7-6-12(17)13-2/h4-5,8-9,16H,6-7H2,1-3H3,(H,13,17)/t9-/m0/s1. The molecule has 0 fully saturated rings. The molecule has 0 bridgehead atoms. The second-order valence-electron chi connectivity index (χ2n) is 3.97. The minimum absolute atomic E-state index is 0.0115. The summed E-state index contributed by atoms with van der Waals surface area (Å²) in [6.07, 6.45) is 1.58. The Kier molecular flexibility index (Phi) is 4.90. The minimum Gasteiger partial charge on any atom is -0.389 e. The maximum Gasteiger partial charge on any atom is 0.221 e. The van der Waals surface area contributed by atoms with Crippen molar-refractivity contribution in [3.05, 3.63) is 23.9 Å². The molecular weight excluding hydrogens is 218 g/mol. The second kappa shape index (κ2) is 6.20. The fraction of sp³-hybridized carbons (Fsp3) is 0.500. The molecule has 1 atom stereocenters. The smallest absolute Gasteiger partial charge is 0.221 e. The SMILES string of the molecule is CNC(=O)CCN(C)c1ccc([C@H](C)O)cn1. The number of hydrogen-bond donors (Lipinski definition) is 2. The predicted molar refractivity (Wildman–Crippen MR) is 66.8 cm³/mol. The summed E-state index contributed by atoms with van der Waals surface area (Å²) in [4.78, 5) is 17.2. The van der Waals surface area contributed by atoms with Crippen molar-refractivity contribution in [3.8, 4) is 0 Å². The van der Waals surface area contributed by atoms with E-state index in [2.05, 4.69) is 10.3 Å². The molecule has 1 aromatic rings. The summed E-state index contributed by atoms with van der Waals surface area (Å²) in [5.41, 5.74) is 0.786. The number of anilines is 1. The van der Waals surface area contributed by atoms with Crippen LogP contribution in [0.15, 0.2) is 18.3 Å². The van der Waals surface area contributed by atoms with Crippen molar-refractivity contribution >= 4 is 11.7 Å². The van der Waals surface area contributed by atoms with Crippen LogP contribution in [0.1, 0.15) is 25.0 Å². The molecular formula is C12H19N3O2. The summed E-state index contributed by atoms with van der Waals surface area (Å²) in [5, 5.41) is 11.9. The minimum atomic E-state index is -0.507. The third-order valence-corrected chi connectivity index (χ3v) is 2.60. The second-order valence-corrected chi connectivity index (χ2v) is 3.97. The van der Waals surface area contributed by atoms with E-state index in [0.29, 0.717) is 13.0 Å². The zero-order chi connectivity index (χ0) is 12.8. The van der Waals surface area contributed by atoms with E-state index in [0.717, 1.165) is 11.4 Å². The van der Waals surface area contributed by atoms with E-state index in [1.54, 1.807) is 20.2 Å². The number of carbonyl (C=O) groups excluding carboxylic acids is 1. The quantitative estimate of drug-likeness (QED) is 0.791. The molecule has 0 saturated carbocycles.